The highest BCUT2D eigenvalue weighted by Crippen LogP contribution is 2.43. The molecule has 30 heavy (non-hydrogen) atoms. The zero-order valence-electron chi connectivity index (χ0n) is 20.5. The van der Waals surface area contributed by atoms with Crippen LogP contribution in [-0.2, 0) is 13.6 Å². The van der Waals surface area contributed by atoms with Gasteiger partial charge in [0.2, 0.25) is 0 Å². The highest BCUT2D eigenvalue weighted by atomic mass is 31.2. The normalized spacial score (nSPS) is 11.4. The Hall–Kier alpha value is 0.0700. The number of rotatable bonds is 22. The lowest BCUT2D eigenvalue weighted by Crippen LogP contribution is -1.98. The fourth-order valence-electron chi connectivity index (χ4n) is 3.02. The van der Waals surface area contributed by atoms with Crippen LogP contribution in [0.2, 0.25) is 0 Å². The van der Waals surface area contributed by atoms with Crippen LogP contribution in [0, 0.1) is 0 Å². The third-order valence-corrected chi connectivity index (χ3v) is 6.08. The monoisotopic (exact) mass is 451 g/mol. The van der Waals surface area contributed by atoms with Crippen LogP contribution in [0.25, 0.3) is 0 Å². The first kappa shape index (κ1) is 32.3. The second-order valence-electron chi connectivity index (χ2n) is 8.23. The summed E-state index contributed by atoms with van der Waals surface area (Å²) in [6.07, 6.45) is 23.3. The summed E-state index contributed by atoms with van der Waals surface area (Å²) >= 11 is 0. The molecule has 0 aliphatic carbocycles. The average molecular weight is 452 g/mol. The smallest absolute Gasteiger partial charge is 0.330 e. The maximum Gasteiger partial charge on any atom is 0.472 e. The number of phosphoric ester groups is 1. The predicted molar refractivity (Wildman–Crippen MR) is 131 cm³/mol. The molecule has 0 saturated heterocycles. The van der Waals surface area contributed by atoms with Gasteiger partial charge < -0.3 is 10.6 Å². The fourth-order valence-corrected chi connectivity index (χ4v) is 3.82. The molecule has 0 unspecified atom stereocenters. The highest BCUT2D eigenvalue weighted by molar-refractivity contribution is 7.47. The molecular weight excluding hydrogens is 397 g/mol. The molecule has 0 aromatic heterocycles. The second kappa shape index (κ2) is 27.1. The zero-order chi connectivity index (χ0) is 22.8. The molecule has 0 heterocycles. The van der Waals surface area contributed by atoms with Gasteiger partial charge in [0.15, 0.2) is 0 Å². The summed E-state index contributed by atoms with van der Waals surface area (Å²) in [5.41, 5.74) is 5.47. The Morgan fingerprint density at radius 1 is 0.567 bits per heavy atom. The minimum Gasteiger partial charge on any atom is -0.330 e. The van der Waals surface area contributed by atoms with Gasteiger partial charge in [0.1, 0.15) is 0 Å². The Bertz CT molecular complexity index is 328. The molecule has 184 valence electrons. The first-order valence-corrected chi connectivity index (χ1v) is 14.4. The van der Waals surface area contributed by atoms with Crippen LogP contribution in [-0.4, -0.2) is 24.7 Å². The minimum atomic E-state index is -3.75. The van der Waals surface area contributed by atoms with Crippen molar-refractivity contribution >= 4 is 7.82 Å². The molecule has 0 amide bonds. The molecular formula is C24H54NO4P. The van der Waals surface area contributed by atoms with E-state index >= 15 is 0 Å². The van der Waals surface area contributed by atoms with Crippen LogP contribution < -0.4 is 5.73 Å². The summed E-state index contributed by atoms with van der Waals surface area (Å²) in [4.78, 5) is 9.08. The SMILES string of the molecule is CCCCCCCCCCCCCCCCN.CCCCOP(=O)(O)OCCCC. The number of hydrogen-bond acceptors (Lipinski definition) is 4. The summed E-state index contributed by atoms with van der Waals surface area (Å²) in [6, 6.07) is 0. The molecule has 0 radical (unpaired) electrons. The molecule has 0 aliphatic rings. The Labute approximate surface area is 188 Å². The van der Waals surface area contributed by atoms with Gasteiger partial charge in [-0.2, -0.15) is 0 Å². The van der Waals surface area contributed by atoms with Gasteiger partial charge in [-0.25, -0.2) is 4.57 Å². The highest BCUT2D eigenvalue weighted by Gasteiger charge is 2.19. The number of phosphoric acid groups is 1. The van der Waals surface area contributed by atoms with Crippen LogP contribution >= 0.6 is 7.82 Å². The first-order valence-electron chi connectivity index (χ1n) is 12.9. The molecule has 0 rings (SSSR count). The van der Waals surface area contributed by atoms with Crippen LogP contribution in [0.3, 0.4) is 0 Å². The maximum atomic E-state index is 11.1. The second-order valence-corrected chi connectivity index (χ2v) is 9.68. The van der Waals surface area contributed by atoms with Gasteiger partial charge >= 0.3 is 7.82 Å². The van der Waals surface area contributed by atoms with Gasteiger partial charge in [-0.15, -0.1) is 0 Å². The van der Waals surface area contributed by atoms with E-state index in [2.05, 4.69) is 6.92 Å². The van der Waals surface area contributed by atoms with E-state index in [-0.39, 0.29) is 13.2 Å². The van der Waals surface area contributed by atoms with E-state index in [1.54, 1.807) is 0 Å². The van der Waals surface area contributed by atoms with Gasteiger partial charge in [-0.3, -0.25) is 9.05 Å². The minimum absolute atomic E-state index is 0.288. The fraction of sp³-hybridized carbons (Fsp3) is 1.00. The van der Waals surface area contributed by atoms with Crippen molar-refractivity contribution in [3.63, 3.8) is 0 Å². The van der Waals surface area contributed by atoms with E-state index in [9.17, 15) is 4.57 Å². The topological polar surface area (TPSA) is 81.8 Å². The molecule has 0 bridgehead atoms. The van der Waals surface area contributed by atoms with Crippen molar-refractivity contribution in [2.75, 3.05) is 19.8 Å². The summed E-state index contributed by atoms with van der Waals surface area (Å²) in [6.45, 7) is 7.71. The third-order valence-electron chi connectivity index (χ3n) is 5.06. The maximum absolute atomic E-state index is 11.1. The molecule has 6 heteroatoms. The molecule has 3 N–H and O–H groups in total. The van der Waals surface area contributed by atoms with Gasteiger partial charge in [0.05, 0.1) is 13.2 Å². The summed E-state index contributed by atoms with van der Waals surface area (Å²) in [5.74, 6) is 0. The Morgan fingerprint density at radius 2 is 0.867 bits per heavy atom. The zero-order valence-corrected chi connectivity index (χ0v) is 21.4. The van der Waals surface area contributed by atoms with E-state index in [0.717, 1.165) is 32.2 Å². The van der Waals surface area contributed by atoms with Gasteiger partial charge in [0.25, 0.3) is 0 Å². The number of hydrogen-bond donors (Lipinski definition) is 2. The van der Waals surface area contributed by atoms with Crippen LogP contribution in [0.4, 0.5) is 0 Å². The van der Waals surface area contributed by atoms with E-state index in [0.29, 0.717) is 0 Å². The summed E-state index contributed by atoms with van der Waals surface area (Å²) in [5, 5.41) is 0. The summed E-state index contributed by atoms with van der Waals surface area (Å²) in [7, 11) is -3.75. The third kappa shape index (κ3) is 30.3. The van der Waals surface area contributed by atoms with E-state index in [1.165, 1.54) is 89.9 Å². The summed E-state index contributed by atoms with van der Waals surface area (Å²) < 4.78 is 20.5. The van der Waals surface area contributed by atoms with Crippen molar-refractivity contribution < 1.29 is 18.5 Å². The average Bonchev–Trinajstić information content (AvgIpc) is 2.72. The standard InChI is InChI=1S/C16H35N.C8H19O4P/c1-2-3-4-5-6-7-8-9-10-11-12-13-14-15-16-17;1-3-5-7-11-13(9,10)12-8-6-4-2/h2-17H2,1H3;3-8H2,1-2H3,(H,9,10). The molecule has 0 fully saturated rings. The first-order chi connectivity index (χ1) is 14.5. The number of unbranched alkanes of at least 4 members (excludes halogenated alkanes) is 15. The molecule has 0 saturated carbocycles. The van der Waals surface area contributed by atoms with Crippen LogP contribution in [0.15, 0.2) is 0 Å². The van der Waals surface area contributed by atoms with Crippen molar-refractivity contribution in [3.8, 4) is 0 Å². The van der Waals surface area contributed by atoms with Gasteiger partial charge in [-0.05, 0) is 25.8 Å². The molecule has 0 atom stereocenters. The molecule has 0 aromatic rings. The molecule has 0 aliphatic heterocycles. The molecule has 0 aromatic carbocycles. The van der Waals surface area contributed by atoms with E-state index in [4.69, 9.17) is 19.7 Å². The van der Waals surface area contributed by atoms with Crippen molar-refractivity contribution in [2.45, 2.75) is 136 Å². The van der Waals surface area contributed by atoms with Gasteiger partial charge in [0, 0.05) is 0 Å². The van der Waals surface area contributed by atoms with Crippen LogP contribution in [0.1, 0.15) is 136 Å². The van der Waals surface area contributed by atoms with Crippen molar-refractivity contribution in [1.82, 2.24) is 0 Å². The Balaban J connectivity index is 0. The Kier molecular flexibility index (Phi) is 29.1. The molecule has 0 spiro atoms. The predicted octanol–water partition coefficient (Wildman–Crippen LogP) is 8.15. The lowest BCUT2D eigenvalue weighted by molar-refractivity contribution is 0.146. The van der Waals surface area contributed by atoms with Crippen LogP contribution in [0.5, 0.6) is 0 Å². The van der Waals surface area contributed by atoms with E-state index in [1.807, 2.05) is 13.8 Å². The largest absolute Gasteiger partial charge is 0.472 e. The van der Waals surface area contributed by atoms with Crippen molar-refractivity contribution in [1.29, 1.82) is 0 Å². The van der Waals surface area contributed by atoms with Gasteiger partial charge in [-0.1, -0.05) is 117 Å². The number of nitrogens with two attached hydrogens (primary N) is 1. The Morgan fingerprint density at radius 3 is 1.17 bits per heavy atom. The lowest BCUT2D eigenvalue weighted by atomic mass is 10.0. The van der Waals surface area contributed by atoms with E-state index < -0.39 is 7.82 Å². The molecule has 5 nitrogen and oxygen atoms in total. The quantitative estimate of drug-likeness (QED) is 0.128. The lowest BCUT2D eigenvalue weighted by Gasteiger charge is -2.10. The van der Waals surface area contributed by atoms with Crippen molar-refractivity contribution in [3.05, 3.63) is 0 Å². The van der Waals surface area contributed by atoms with Crippen molar-refractivity contribution in [2.24, 2.45) is 5.73 Å².